The Morgan fingerprint density at radius 2 is 1.40 bits per heavy atom. The molecule has 1 N–H and O–H groups in total. The van der Waals surface area contributed by atoms with E-state index < -0.39 is 0 Å². The Morgan fingerprint density at radius 1 is 0.700 bits per heavy atom. The van der Waals surface area contributed by atoms with E-state index in [0.717, 1.165) is 16.8 Å². The molecule has 0 saturated heterocycles. The van der Waals surface area contributed by atoms with Crippen LogP contribution in [0.25, 0.3) is 38.6 Å². The molecule has 0 amide bonds. The van der Waals surface area contributed by atoms with Crippen molar-refractivity contribution in [3.8, 4) is 16.8 Å². The largest absolute Gasteiger partial charge is 0.309 e. The smallest absolute Gasteiger partial charge is 0.161 e. The van der Waals surface area contributed by atoms with Crippen LogP contribution in [0, 0.1) is 5.41 Å². The molecule has 5 aromatic carbocycles. The highest BCUT2D eigenvalue weighted by molar-refractivity contribution is 6.14. The average Bonchev–Trinajstić information content (AvgIpc) is 3.45. The van der Waals surface area contributed by atoms with E-state index in [0.29, 0.717) is 5.84 Å². The Bertz CT molecular complexity index is 1990. The summed E-state index contributed by atoms with van der Waals surface area (Å²) in [5.41, 5.74) is 10.2. The van der Waals surface area contributed by atoms with Crippen LogP contribution < -0.4 is 0 Å². The maximum atomic E-state index is 8.43. The Morgan fingerprint density at radius 3 is 2.17 bits per heavy atom. The number of nitrogens with zero attached hydrogens (tertiary/aromatic N) is 3. The van der Waals surface area contributed by atoms with E-state index in [-0.39, 0.29) is 11.3 Å². The molecule has 1 aromatic heterocycles. The van der Waals surface area contributed by atoms with E-state index in [1.54, 1.807) is 0 Å². The number of hydrogen-bond donors (Lipinski definition) is 1. The lowest BCUT2D eigenvalue weighted by Gasteiger charge is -2.23. The number of benzene rings is 5. The van der Waals surface area contributed by atoms with E-state index >= 15 is 0 Å². The van der Waals surface area contributed by atoms with Gasteiger partial charge in [-0.15, -0.1) is 0 Å². The van der Waals surface area contributed by atoms with Crippen LogP contribution >= 0.6 is 0 Å². The number of aromatic nitrogens is 1. The minimum atomic E-state index is -0.137. The van der Waals surface area contributed by atoms with Gasteiger partial charge < -0.3 is 4.57 Å². The van der Waals surface area contributed by atoms with Gasteiger partial charge in [0.05, 0.1) is 11.0 Å². The lowest BCUT2D eigenvalue weighted by molar-refractivity contribution is 0.664. The van der Waals surface area contributed by atoms with Gasteiger partial charge in [-0.3, -0.25) is 5.41 Å². The molecule has 0 radical (unpaired) electrons. The molecule has 0 saturated carbocycles. The molecule has 0 spiro atoms. The molecule has 1 heterocycles. The van der Waals surface area contributed by atoms with Crippen LogP contribution in [0.5, 0.6) is 0 Å². The highest BCUT2D eigenvalue weighted by Gasteiger charge is 2.38. The number of rotatable bonds is 3. The average molecular weight is 517 g/mol. The Labute approximate surface area is 233 Å². The molecule has 0 unspecified atom stereocenters. The monoisotopic (exact) mass is 516 g/mol. The van der Waals surface area contributed by atoms with Crippen molar-refractivity contribution in [1.29, 1.82) is 5.41 Å². The third kappa shape index (κ3) is 3.50. The van der Waals surface area contributed by atoms with Gasteiger partial charge in [0.25, 0.3) is 0 Å². The molecule has 4 nitrogen and oxygen atoms in total. The number of fused-ring (bicyclic) bond motifs is 7. The third-order valence-electron chi connectivity index (χ3n) is 8.15. The molecule has 0 atom stereocenters. The summed E-state index contributed by atoms with van der Waals surface area (Å²) in [6, 6.07) is 39.7. The van der Waals surface area contributed by atoms with Crippen molar-refractivity contribution in [3.05, 3.63) is 138 Å². The van der Waals surface area contributed by atoms with Crippen molar-refractivity contribution in [3.63, 3.8) is 0 Å². The van der Waals surface area contributed by atoms with Gasteiger partial charge in [-0.1, -0.05) is 98.8 Å². The maximum Gasteiger partial charge on any atom is 0.161 e. The predicted molar refractivity (Wildman–Crippen MR) is 168 cm³/mol. The highest BCUT2D eigenvalue weighted by Crippen LogP contribution is 2.52. The fraction of sp³-hybridized carbons (Fsp3) is 0.0833. The molecule has 1 aliphatic carbocycles. The first-order valence-electron chi connectivity index (χ1n) is 13.5. The van der Waals surface area contributed by atoms with Gasteiger partial charge in [0.1, 0.15) is 0 Å². The minimum Gasteiger partial charge on any atom is -0.309 e. The second-order valence-electron chi connectivity index (χ2n) is 10.8. The molecule has 4 heteroatoms. The van der Waals surface area contributed by atoms with Crippen LogP contribution in [0.3, 0.4) is 0 Å². The van der Waals surface area contributed by atoms with Crippen LogP contribution in [0.1, 0.15) is 36.1 Å². The van der Waals surface area contributed by atoms with Crippen molar-refractivity contribution in [1.82, 2.24) is 4.57 Å². The van der Waals surface area contributed by atoms with Crippen LogP contribution in [0.4, 0.5) is 0 Å². The molecule has 7 rings (SSSR count). The summed E-state index contributed by atoms with van der Waals surface area (Å²) in [5.74, 6) is 0.590. The lowest BCUT2D eigenvalue weighted by Crippen LogP contribution is -2.16. The molecular formula is C36H28N4. The van der Waals surface area contributed by atoms with Crippen LogP contribution in [0.15, 0.2) is 125 Å². The zero-order chi connectivity index (χ0) is 27.4. The molecule has 0 bridgehead atoms. The molecule has 0 aliphatic heterocycles. The fourth-order valence-corrected chi connectivity index (χ4v) is 6.30. The molecule has 6 aromatic rings. The zero-order valence-electron chi connectivity index (χ0n) is 22.5. The molecule has 40 heavy (non-hydrogen) atoms. The molecule has 192 valence electrons. The van der Waals surface area contributed by atoms with E-state index in [9.17, 15) is 0 Å². The second-order valence-corrected chi connectivity index (χ2v) is 10.8. The van der Waals surface area contributed by atoms with Crippen molar-refractivity contribution >= 4 is 40.2 Å². The van der Waals surface area contributed by atoms with E-state index in [1.165, 1.54) is 44.1 Å². The summed E-state index contributed by atoms with van der Waals surface area (Å²) in [7, 11) is 0. The predicted octanol–water partition coefficient (Wildman–Crippen LogP) is 8.56. The number of hydrogen-bond acceptors (Lipinski definition) is 1. The van der Waals surface area contributed by atoms with Gasteiger partial charge >= 0.3 is 0 Å². The van der Waals surface area contributed by atoms with Crippen molar-refractivity contribution in [2.24, 2.45) is 9.98 Å². The van der Waals surface area contributed by atoms with Gasteiger partial charge in [0, 0.05) is 33.0 Å². The van der Waals surface area contributed by atoms with Crippen molar-refractivity contribution < 1.29 is 0 Å². The zero-order valence-corrected chi connectivity index (χ0v) is 22.5. The van der Waals surface area contributed by atoms with E-state index in [1.807, 2.05) is 42.5 Å². The second kappa shape index (κ2) is 8.99. The Balaban J connectivity index is 1.41. The minimum absolute atomic E-state index is 0.137. The summed E-state index contributed by atoms with van der Waals surface area (Å²) in [6.45, 7) is 8.40. The highest BCUT2D eigenvalue weighted by atomic mass is 15.0. The van der Waals surface area contributed by atoms with Crippen molar-refractivity contribution in [2.75, 3.05) is 0 Å². The Hall–Kier alpha value is -5.09. The van der Waals surface area contributed by atoms with E-state index in [2.05, 4.69) is 108 Å². The first-order chi connectivity index (χ1) is 19.5. The quantitative estimate of drug-likeness (QED) is 0.181. The Kier molecular flexibility index (Phi) is 5.39. The molecule has 1 aliphatic rings. The summed E-state index contributed by atoms with van der Waals surface area (Å²) < 4.78 is 2.39. The van der Waals surface area contributed by atoms with Gasteiger partial charge in [-0.05, 0) is 59.3 Å². The third-order valence-corrected chi connectivity index (χ3v) is 8.15. The van der Waals surface area contributed by atoms with Gasteiger partial charge in [0.2, 0.25) is 0 Å². The number of para-hydroxylation sites is 1. The molecule has 0 fully saturated rings. The maximum absolute atomic E-state index is 8.43. The van der Waals surface area contributed by atoms with Gasteiger partial charge in [-0.25, -0.2) is 9.98 Å². The first-order valence-corrected chi connectivity index (χ1v) is 13.5. The summed E-state index contributed by atoms with van der Waals surface area (Å²) in [6.07, 6.45) is 0. The summed E-state index contributed by atoms with van der Waals surface area (Å²) in [5, 5.41) is 10.9. The SMILES string of the molecule is C=NC(=NC(=N)c1ccccc1)c1ccc(-n2c3ccccc3c3ccc4c(c32)C(C)(C)c2ccccc2-4)cc1. The topological polar surface area (TPSA) is 53.5 Å². The number of nitrogens with one attached hydrogen (secondary N) is 1. The van der Waals surface area contributed by atoms with Crippen LogP contribution in [-0.4, -0.2) is 23.0 Å². The van der Waals surface area contributed by atoms with Crippen LogP contribution in [0.2, 0.25) is 0 Å². The van der Waals surface area contributed by atoms with Crippen LogP contribution in [-0.2, 0) is 5.41 Å². The number of amidine groups is 2. The molecular weight excluding hydrogens is 488 g/mol. The fourth-order valence-electron chi connectivity index (χ4n) is 6.30. The number of aliphatic imine (C=N–C) groups is 2. The summed E-state index contributed by atoms with van der Waals surface area (Å²) in [4.78, 5) is 8.64. The van der Waals surface area contributed by atoms with Gasteiger partial charge in [0.15, 0.2) is 11.7 Å². The lowest BCUT2D eigenvalue weighted by atomic mass is 9.81. The summed E-state index contributed by atoms with van der Waals surface area (Å²) >= 11 is 0. The first kappa shape index (κ1) is 24.0. The van der Waals surface area contributed by atoms with Gasteiger partial charge in [-0.2, -0.15) is 0 Å². The normalized spacial score (nSPS) is 13.8. The van der Waals surface area contributed by atoms with Crippen molar-refractivity contribution in [2.45, 2.75) is 19.3 Å². The van der Waals surface area contributed by atoms with E-state index in [4.69, 9.17) is 5.41 Å². The standard InChI is InChI=1S/C36H28N4/c1-36(2)30-15-9-7-13-26(30)28-21-22-29-27-14-8-10-16-31(27)40(33(29)32(28)36)25-19-17-24(18-20-25)35(38-3)39-34(37)23-11-5-4-6-12-23/h4-22,37H,3H2,1-2H3.